The number of unbranched alkanes of at least 4 members (excludes halogenated alkanes) is 41. The zero-order valence-corrected chi connectivity index (χ0v) is 47.8. The van der Waals surface area contributed by atoms with E-state index in [-0.39, 0.29) is 31.1 Å². The Morgan fingerprint density at radius 1 is 0.268 bits per heavy atom. The Bertz CT molecular complexity index is 1130. The molecule has 0 aromatic heterocycles. The lowest BCUT2D eigenvalue weighted by Crippen LogP contribution is -2.30. The van der Waals surface area contributed by atoms with Crippen molar-refractivity contribution >= 4 is 17.9 Å². The molecular formula is C65H120O6. The van der Waals surface area contributed by atoms with Crippen LogP contribution >= 0.6 is 0 Å². The molecule has 0 rings (SSSR count). The molecule has 71 heavy (non-hydrogen) atoms. The standard InChI is InChI=1S/C65H120O6/c1-4-7-10-13-16-19-22-25-28-30-32-34-37-39-42-45-48-51-54-57-63(66)69-60-62(71-65(68)59-56-53-50-47-44-41-36-27-24-21-18-15-12-9-6-3)61-70-64(67)58-55-52-49-46-43-40-38-35-33-31-29-26-23-20-17-14-11-8-5-2/h25-29,36,62H,4-24,30-35,37-61H2,1-3H3/b28-25-,29-26-,36-27-. The first kappa shape index (κ1) is 68.6. The van der Waals surface area contributed by atoms with Crippen LogP contribution in [-0.2, 0) is 28.6 Å². The van der Waals surface area contributed by atoms with Crippen LogP contribution in [0.15, 0.2) is 36.5 Å². The minimum Gasteiger partial charge on any atom is -0.462 e. The van der Waals surface area contributed by atoms with Crippen LogP contribution in [0.5, 0.6) is 0 Å². The fourth-order valence-electron chi connectivity index (χ4n) is 9.31. The Kier molecular flexibility index (Phi) is 58.2. The van der Waals surface area contributed by atoms with E-state index < -0.39 is 6.10 Å². The molecular weight excluding hydrogens is 877 g/mol. The predicted molar refractivity (Wildman–Crippen MR) is 307 cm³/mol. The first-order chi connectivity index (χ1) is 35.0. The third-order valence-electron chi connectivity index (χ3n) is 14.1. The normalized spacial score (nSPS) is 11.8. The molecule has 0 aliphatic rings. The lowest BCUT2D eigenvalue weighted by molar-refractivity contribution is -0.167. The SMILES string of the molecule is CCCCCCCC/C=C\CCCCCCCCCCCC(=O)OCC(COC(=O)CCCCCCCCCCC/C=C\CCCCCCCC)OC(=O)CCCCCCC/C=C\CCCCCCCC. The van der Waals surface area contributed by atoms with Crippen molar-refractivity contribution in [3.05, 3.63) is 36.5 Å². The van der Waals surface area contributed by atoms with Crippen LogP contribution in [-0.4, -0.2) is 37.2 Å². The third-order valence-corrected chi connectivity index (χ3v) is 14.1. The molecule has 0 heterocycles. The van der Waals surface area contributed by atoms with Crippen molar-refractivity contribution in [2.75, 3.05) is 13.2 Å². The molecule has 0 radical (unpaired) electrons. The van der Waals surface area contributed by atoms with Crippen molar-refractivity contribution in [3.8, 4) is 0 Å². The van der Waals surface area contributed by atoms with Gasteiger partial charge in [-0.05, 0) is 96.3 Å². The fraction of sp³-hybridized carbons (Fsp3) is 0.862. The van der Waals surface area contributed by atoms with Crippen LogP contribution in [0.3, 0.4) is 0 Å². The van der Waals surface area contributed by atoms with Crippen LogP contribution in [0.1, 0.15) is 342 Å². The fourth-order valence-corrected chi connectivity index (χ4v) is 9.31. The van der Waals surface area contributed by atoms with Crippen molar-refractivity contribution in [1.29, 1.82) is 0 Å². The highest BCUT2D eigenvalue weighted by Gasteiger charge is 2.19. The first-order valence-electron chi connectivity index (χ1n) is 31.5. The largest absolute Gasteiger partial charge is 0.462 e. The first-order valence-corrected chi connectivity index (χ1v) is 31.5. The number of carbonyl (C=O) groups is 3. The molecule has 0 N–H and O–H groups in total. The van der Waals surface area contributed by atoms with Gasteiger partial charge in [-0.15, -0.1) is 0 Å². The Hall–Kier alpha value is -2.37. The molecule has 0 bridgehead atoms. The Balaban J connectivity index is 4.33. The minimum atomic E-state index is -0.777. The van der Waals surface area contributed by atoms with Gasteiger partial charge in [0.1, 0.15) is 13.2 Å². The molecule has 0 unspecified atom stereocenters. The third kappa shape index (κ3) is 58.4. The molecule has 0 spiro atoms. The summed E-state index contributed by atoms with van der Waals surface area (Å²) in [6, 6.07) is 0. The molecule has 0 atom stereocenters. The number of rotatable bonds is 58. The van der Waals surface area contributed by atoms with Crippen LogP contribution < -0.4 is 0 Å². The van der Waals surface area contributed by atoms with E-state index in [0.717, 1.165) is 64.2 Å². The molecule has 0 aromatic rings. The maximum atomic E-state index is 12.9. The lowest BCUT2D eigenvalue weighted by Gasteiger charge is -2.18. The monoisotopic (exact) mass is 997 g/mol. The average molecular weight is 998 g/mol. The minimum absolute atomic E-state index is 0.0743. The summed E-state index contributed by atoms with van der Waals surface area (Å²) >= 11 is 0. The van der Waals surface area contributed by atoms with Crippen molar-refractivity contribution in [1.82, 2.24) is 0 Å². The van der Waals surface area contributed by atoms with Crippen molar-refractivity contribution < 1.29 is 28.6 Å². The maximum Gasteiger partial charge on any atom is 0.306 e. The average Bonchev–Trinajstić information content (AvgIpc) is 3.37. The van der Waals surface area contributed by atoms with E-state index in [4.69, 9.17) is 14.2 Å². The van der Waals surface area contributed by atoms with Gasteiger partial charge in [0.15, 0.2) is 6.10 Å². The molecule has 0 saturated heterocycles. The van der Waals surface area contributed by atoms with Gasteiger partial charge in [0.25, 0.3) is 0 Å². The number of esters is 3. The summed E-state index contributed by atoms with van der Waals surface area (Å²) in [4.78, 5) is 38.3. The second kappa shape index (κ2) is 60.2. The van der Waals surface area contributed by atoms with Gasteiger partial charge < -0.3 is 14.2 Å². The van der Waals surface area contributed by atoms with Gasteiger partial charge in [0.05, 0.1) is 0 Å². The zero-order valence-electron chi connectivity index (χ0n) is 47.8. The van der Waals surface area contributed by atoms with E-state index in [1.807, 2.05) is 0 Å². The quantitative estimate of drug-likeness (QED) is 0.0261. The summed E-state index contributed by atoms with van der Waals surface area (Å²) in [5.74, 6) is -0.866. The van der Waals surface area contributed by atoms with Gasteiger partial charge in [-0.3, -0.25) is 14.4 Å². The van der Waals surface area contributed by atoms with Crippen molar-refractivity contribution in [2.24, 2.45) is 0 Å². The zero-order chi connectivity index (χ0) is 51.4. The van der Waals surface area contributed by atoms with Crippen molar-refractivity contribution in [2.45, 2.75) is 348 Å². The summed E-state index contributed by atoms with van der Waals surface area (Å²) in [5, 5.41) is 0. The molecule has 0 amide bonds. The van der Waals surface area contributed by atoms with E-state index in [1.165, 1.54) is 238 Å². The van der Waals surface area contributed by atoms with Gasteiger partial charge in [-0.25, -0.2) is 0 Å². The number of hydrogen-bond donors (Lipinski definition) is 0. The van der Waals surface area contributed by atoms with E-state index >= 15 is 0 Å². The van der Waals surface area contributed by atoms with Gasteiger partial charge in [0.2, 0.25) is 0 Å². The molecule has 0 aliphatic carbocycles. The summed E-state index contributed by atoms with van der Waals surface area (Å²) in [7, 11) is 0. The lowest BCUT2D eigenvalue weighted by atomic mass is 10.1. The topological polar surface area (TPSA) is 78.9 Å². The molecule has 416 valence electrons. The predicted octanol–water partition coefficient (Wildman–Crippen LogP) is 21.2. The number of ether oxygens (including phenoxy) is 3. The highest BCUT2D eigenvalue weighted by atomic mass is 16.6. The van der Waals surface area contributed by atoms with Crippen LogP contribution in [0.2, 0.25) is 0 Å². The van der Waals surface area contributed by atoms with Gasteiger partial charge in [-0.1, -0.05) is 263 Å². The van der Waals surface area contributed by atoms with Crippen LogP contribution in [0, 0.1) is 0 Å². The molecule has 6 nitrogen and oxygen atoms in total. The number of carbonyl (C=O) groups excluding carboxylic acids is 3. The summed E-state index contributed by atoms with van der Waals surface area (Å²) in [5.41, 5.74) is 0. The molecule has 0 aromatic carbocycles. The van der Waals surface area contributed by atoms with Gasteiger partial charge in [0, 0.05) is 19.3 Å². The summed E-state index contributed by atoms with van der Waals surface area (Å²) < 4.78 is 16.9. The van der Waals surface area contributed by atoms with E-state index in [9.17, 15) is 14.4 Å². The summed E-state index contributed by atoms with van der Waals surface area (Å²) in [6.07, 6.45) is 72.8. The van der Waals surface area contributed by atoms with E-state index in [2.05, 4.69) is 57.2 Å². The highest BCUT2D eigenvalue weighted by Crippen LogP contribution is 2.16. The smallest absolute Gasteiger partial charge is 0.306 e. The van der Waals surface area contributed by atoms with Crippen LogP contribution in [0.25, 0.3) is 0 Å². The number of hydrogen-bond acceptors (Lipinski definition) is 6. The second-order valence-electron chi connectivity index (χ2n) is 21.3. The van der Waals surface area contributed by atoms with E-state index in [1.54, 1.807) is 0 Å². The van der Waals surface area contributed by atoms with Crippen molar-refractivity contribution in [3.63, 3.8) is 0 Å². The van der Waals surface area contributed by atoms with Gasteiger partial charge in [-0.2, -0.15) is 0 Å². The van der Waals surface area contributed by atoms with Crippen LogP contribution in [0.4, 0.5) is 0 Å². The second-order valence-corrected chi connectivity index (χ2v) is 21.3. The van der Waals surface area contributed by atoms with Gasteiger partial charge >= 0.3 is 17.9 Å². The molecule has 0 saturated carbocycles. The maximum absolute atomic E-state index is 12.9. The highest BCUT2D eigenvalue weighted by molar-refractivity contribution is 5.71. The molecule has 0 aliphatic heterocycles. The Morgan fingerprint density at radius 3 is 0.704 bits per heavy atom. The van der Waals surface area contributed by atoms with E-state index in [0.29, 0.717) is 19.3 Å². The summed E-state index contributed by atoms with van der Waals surface area (Å²) in [6.45, 7) is 6.67. The molecule has 6 heteroatoms. The molecule has 0 fully saturated rings. The number of allylic oxidation sites excluding steroid dienone is 6. The Labute approximate surface area is 442 Å². The Morgan fingerprint density at radius 2 is 0.465 bits per heavy atom.